The molecule has 0 aliphatic carbocycles. The normalized spacial score (nSPS) is 27.5. The quantitative estimate of drug-likeness (QED) is 0.620. The minimum absolute atomic E-state index is 0.136. The van der Waals surface area contributed by atoms with Crippen molar-refractivity contribution < 1.29 is 4.39 Å². The van der Waals surface area contributed by atoms with Crippen LogP contribution >= 0.6 is 0 Å². The molecular formula is C10H20FN. The summed E-state index contributed by atoms with van der Waals surface area (Å²) in [6.45, 7) is 6.38. The van der Waals surface area contributed by atoms with Crippen LogP contribution in [0.1, 0.15) is 33.1 Å². The van der Waals surface area contributed by atoms with Crippen molar-refractivity contribution in [3.63, 3.8) is 0 Å². The van der Waals surface area contributed by atoms with Gasteiger partial charge in [-0.1, -0.05) is 6.42 Å². The Morgan fingerprint density at radius 2 is 2.17 bits per heavy atom. The number of hydrogen-bond acceptors (Lipinski definition) is 1. The fraction of sp³-hybridized carbons (Fsp3) is 1.00. The van der Waals surface area contributed by atoms with Crippen LogP contribution in [0, 0.1) is 5.92 Å². The molecule has 0 aromatic rings. The van der Waals surface area contributed by atoms with E-state index in [2.05, 4.69) is 18.7 Å². The maximum atomic E-state index is 12.5. The lowest BCUT2D eigenvalue weighted by Crippen LogP contribution is -2.34. The van der Waals surface area contributed by atoms with Gasteiger partial charge in [0.15, 0.2) is 0 Å². The van der Waals surface area contributed by atoms with Gasteiger partial charge in [0.2, 0.25) is 0 Å². The molecule has 0 bridgehead atoms. The standard InChI is InChI=1S/C10H20FN/c1-9(2)12-6-4-3-5-10(7-11)8-12/h9-10H,3-8H2,1-2H3. The van der Waals surface area contributed by atoms with E-state index in [0.29, 0.717) is 12.0 Å². The number of likely N-dealkylation sites (tertiary alicyclic amines) is 1. The second-order valence-corrected chi connectivity index (χ2v) is 4.10. The molecule has 1 aliphatic heterocycles. The second kappa shape index (κ2) is 4.80. The Balaban J connectivity index is 2.42. The Hall–Kier alpha value is -0.110. The molecule has 1 aliphatic rings. The molecule has 1 rings (SSSR count). The summed E-state index contributed by atoms with van der Waals surface area (Å²) in [7, 11) is 0. The maximum Gasteiger partial charge on any atom is 0.0934 e. The Morgan fingerprint density at radius 3 is 2.75 bits per heavy atom. The average molecular weight is 173 g/mol. The smallest absolute Gasteiger partial charge is 0.0934 e. The summed E-state index contributed by atoms with van der Waals surface area (Å²) in [6.07, 6.45) is 3.53. The van der Waals surface area contributed by atoms with Crippen LogP contribution in [-0.2, 0) is 0 Å². The zero-order chi connectivity index (χ0) is 8.97. The van der Waals surface area contributed by atoms with Crippen molar-refractivity contribution in [2.24, 2.45) is 5.92 Å². The topological polar surface area (TPSA) is 3.24 Å². The van der Waals surface area contributed by atoms with Crippen molar-refractivity contribution in [2.75, 3.05) is 19.8 Å². The van der Waals surface area contributed by atoms with Gasteiger partial charge in [-0.2, -0.15) is 0 Å². The van der Waals surface area contributed by atoms with Crippen molar-refractivity contribution in [3.8, 4) is 0 Å². The molecule has 0 amide bonds. The molecule has 1 saturated heterocycles. The Bertz CT molecular complexity index is 125. The first-order valence-electron chi connectivity index (χ1n) is 5.04. The lowest BCUT2D eigenvalue weighted by atomic mass is 10.1. The van der Waals surface area contributed by atoms with Gasteiger partial charge in [-0.3, -0.25) is 4.39 Å². The molecule has 0 aromatic heterocycles. The van der Waals surface area contributed by atoms with Crippen LogP contribution in [0.5, 0.6) is 0 Å². The fourth-order valence-electron chi connectivity index (χ4n) is 1.86. The van der Waals surface area contributed by atoms with Crippen LogP contribution in [0.15, 0.2) is 0 Å². The summed E-state index contributed by atoms with van der Waals surface area (Å²) in [4.78, 5) is 2.40. The van der Waals surface area contributed by atoms with E-state index in [1.54, 1.807) is 0 Å². The highest BCUT2D eigenvalue weighted by Crippen LogP contribution is 2.18. The third-order valence-electron chi connectivity index (χ3n) is 2.75. The molecule has 72 valence electrons. The second-order valence-electron chi connectivity index (χ2n) is 4.10. The van der Waals surface area contributed by atoms with Crippen molar-refractivity contribution in [1.29, 1.82) is 0 Å². The van der Waals surface area contributed by atoms with Gasteiger partial charge in [-0.25, -0.2) is 0 Å². The molecule has 0 saturated carbocycles. The van der Waals surface area contributed by atoms with E-state index in [-0.39, 0.29) is 6.67 Å². The van der Waals surface area contributed by atoms with Gasteiger partial charge < -0.3 is 4.90 Å². The Kier molecular flexibility index (Phi) is 3.99. The van der Waals surface area contributed by atoms with E-state index >= 15 is 0 Å². The first-order chi connectivity index (χ1) is 5.74. The lowest BCUT2D eigenvalue weighted by molar-refractivity contribution is 0.186. The van der Waals surface area contributed by atoms with Gasteiger partial charge in [0.1, 0.15) is 0 Å². The zero-order valence-electron chi connectivity index (χ0n) is 8.22. The van der Waals surface area contributed by atoms with Crippen LogP contribution in [0.25, 0.3) is 0 Å². The number of halogens is 1. The fourth-order valence-corrected chi connectivity index (χ4v) is 1.86. The van der Waals surface area contributed by atoms with E-state index in [1.807, 2.05) is 0 Å². The van der Waals surface area contributed by atoms with Crippen molar-refractivity contribution in [2.45, 2.75) is 39.2 Å². The molecular weight excluding hydrogens is 153 g/mol. The Labute approximate surface area is 74.9 Å². The summed E-state index contributed by atoms with van der Waals surface area (Å²) >= 11 is 0. The molecule has 0 radical (unpaired) electrons. The van der Waals surface area contributed by atoms with Crippen LogP contribution < -0.4 is 0 Å². The zero-order valence-corrected chi connectivity index (χ0v) is 8.22. The highest BCUT2D eigenvalue weighted by atomic mass is 19.1. The molecule has 1 nitrogen and oxygen atoms in total. The molecule has 1 unspecified atom stereocenters. The SMILES string of the molecule is CC(C)N1CCCCC(CF)C1. The molecule has 1 fully saturated rings. The predicted molar refractivity (Wildman–Crippen MR) is 50.0 cm³/mol. The van der Waals surface area contributed by atoms with Crippen LogP contribution in [-0.4, -0.2) is 30.7 Å². The maximum absolute atomic E-state index is 12.5. The first kappa shape index (κ1) is 9.97. The summed E-state index contributed by atoms with van der Waals surface area (Å²) < 4.78 is 12.5. The molecule has 0 aromatic carbocycles. The van der Waals surface area contributed by atoms with Gasteiger partial charge in [-0.15, -0.1) is 0 Å². The van der Waals surface area contributed by atoms with Crippen molar-refractivity contribution in [1.82, 2.24) is 4.90 Å². The summed E-state index contributed by atoms with van der Waals surface area (Å²) in [5, 5.41) is 0. The highest BCUT2D eigenvalue weighted by molar-refractivity contribution is 4.72. The number of rotatable bonds is 2. The van der Waals surface area contributed by atoms with Crippen LogP contribution in [0.3, 0.4) is 0 Å². The monoisotopic (exact) mass is 173 g/mol. The minimum atomic E-state index is -0.136. The summed E-state index contributed by atoms with van der Waals surface area (Å²) in [5.41, 5.74) is 0. The number of hydrogen-bond donors (Lipinski definition) is 0. The van der Waals surface area contributed by atoms with Gasteiger partial charge in [0.05, 0.1) is 6.67 Å². The highest BCUT2D eigenvalue weighted by Gasteiger charge is 2.19. The lowest BCUT2D eigenvalue weighted by Gasteiger charge is -2.26. The van der Waals surface area contributed by atoms with E-state index in [1.165, 1.54) is 12.8 Å². The van der Waals surface area contributed by atoms with Crippen molar-refractivity contribution >= 4 is 0 Å². The van der Waals surface area contributed by atoms with E-state index in [9.17, 15) is 4.39 Å². The first-order valence-corrected chi connectivity index (χ1v) is 5.04. The van der Waals surface area contributed by atoms with Crippen LogP contribution in [0.2, 0.25) is 0 Å². The Morgan fingerprint density at radius 1 is 1.42 bits per heavy atom. The number of nitrogens with zero attached hydrogens (tertiary/aromatic N) is 1. The minimum Gasteiger partial charge on any atom is -0.301 e. The van der Waals surface area contributed by atoms with Gasteiger partial charge in [0, 0.05) is 12.6 Å². The van der Waals surface area contributed by atoms with Crippen LogP contribution in [0.4, 0.5) is 4.39 Å². The van der Waals surface area contributed by atoms with E-state index in [0.717, 1.165) is 19.5 Å². The van der Waals surface area contributed by atoms with Gasteiger partial charge in [-0.05, 0) is 39.2 Å². The third kappa shape index (κ3) is 2.74. The van der Waals surface area contributed by atoms with Crippen molar-refractivity contribution in [3.05, 3.63) is 0 Å². The third-order valence-corrected chi connectivity index (χ3v) is 2.75. The number of alkyl halides is 1. The molecule has 1 atom stereocenters. The molecule has 12 heavy (non-hydrogen) atoms. The largest absolute Gasteiger partial charge is 0.301 e. The van der Waals surface area contributed by atoms with Gasteiger partial charge >= 0.3 is 0 Å². The molecule has 1 heterocycles. The van der Waals surface area contributed by atoms with E-state index in [4.69, 9.17) is 0 Å². The van der Waals surface area contributed by atoms with E-state index < -0.39 is 0 Å². The average Bonchev–Trinajstić information content (AvgIpc) is 2.28. The molecule has 2 heteroatoms. The molecule has 0 spiro atoms. The molecule has 0 N–H and O–H groups in total. The predicted octanol–water partition coefficient (Wildman–Crippen LogP) is 2.47. The van der Waals surface area contributed by atoms with Gasteiger partial charge in [0.25, 0.3) is 0 Å². The summed E-state index contributed by atoms with van der Waals surface area (Å²) in [5.74, 6) is 0.301. The summed E-state index contributed by atoms with van der Waals surface area (Å²) in [6, 6.07) is 0.581.